The van der Waals surface area contributed by atoms with Crippen molar-refractivity contribution < 1.29 is 5.11 Å². The summed E-state index contributed by atoms with van der Waals surface area (Å²) in [5.74, 6) is 1.39. The molecular formula is C15H22O. The molecule has 0 amide bonds. The molecule has 0 aromatic heterocycles. The van der Waals surface area contributed by atoms with Crippen molar-refractivity contribution in [2.75, 3.05) is 0 Å². The largest absolute Gasteiger partial charge is 0.385 e. The number of rotatable bonds is 0. The summed E-state index contributed by atoms with van der Waals surface area (Å²) in [6.07, 6.45) is 4.25. The third-order valence-electron chi connectivity index (χ3n) is 5.76. The molecule has 3 saturated carbocycles. The van der Waals surface area contributed by atoms with Crippen molar-refractivity contribution in [2.24, 2.45) is 17.3 Å². The van der Waals surface area contributed by atoms with Gasteiger partial charge >= 0.3 is 0 Å². The number of hydrogen-bond acceptors (Lipinski definition) is 1. The lowest BCUT2D eigenvalue weighted by Gasteiger charge is -2.45. The summed E-state index contributed by atoms with van der Waals surface area (Å²) < 4.78 is 0. The first-order valence-corrected chi connectivity index (χ1v) is 6.47. The van der Waals surface area contributed by atoms with E-state index in [-0.39, 0.29) is 5.41 Å². The first-order valence-electron chi connectivity index (χ1n) is 6.47. The molecule has 0 unspecified atom stereocenters. The molecule has 3 aliphatic carbocycles. The van der Waals surface area contributed by atoms with Crippen LogP contribution in [-0.2, 0) is 0 Å². The van der Waals surface area contributed by atoms with Crippen LogP contribution >= 0.6 is 0 Å². The third kappa shape index (κ3) is 0.924. The van der Waals surface area contributed by atoms with Crippen molar-refractivity contribution in [3.63, 3.8) is 0 Å². The van der Waals surface area contributed by atoms with Gasteiger partial charge in [-0.3, -0.25) is 0 Å². The lowest BCUT2D eigenvalue weighted by atomic mass is 9.63. The second-order valence-corrected chi connectivity index (χ2v) is 6.54. The van der Waals surface area contributed by atoms with Gasteiger partial charge in [0.1, 0.15) is 0 Å². The fourth-order valence-electron chi connectivity index (χ4n) is 4.80. The molecule has 1 heteroatoms. The Labute approximate surface area is 98.2 Å². The standard InChI is InChI=1S/C15H22O/c1-9(2)12-8-14(4)13-5-6-15(14,16)10(3)7-11(12)13/h11,13,16H,3,5-8H2,1-2,4H3/t11-,13-,14+,15-/m0/s1. The van der Waals surface area contributed by atoms with Crippen molar-refractivity contribution in [1.29, 1.82) is 0 Å². The second kappa shape index (κ2) is 2.81. The molecule has 1 nitrogen and oxygen atoms in total. The van der Waals surface area contributed by atoms with E-state index in [4.69, 9.17) is 0 Å². The molecule has 0 aromatic carbocycles. The summed E-state index contributed by atoms with van der Waals surface area (Å²) in [7, 11) is 0. The molecule has 3 rings (SSSR count). The lowest BCUT2D eigenvalue weighted by molar-refractivity contribution is -0.0459. The highest BCUT2D eigenvalue weighted by Gasteiger charge is 2.66. The monoisotopic (exact) mass is 218 g/mol. The summed E-state index contributed by atoms with van der Waals surface area (Å²) in [6.45, 7) is 10.9. The maximum Gasteiger partial charge on any atom is 0.0913 e. The van der Waals surface area contributed by atoms with Gasteiger partial charge in [0.25, 0.3) is 0 Å². The minimum absolute atomic E-state index is 0.0829. The fourth-order valence-corrected chi connectivity index (χ4v) is 4.80. The van der Waals surface area contributed by atoms with Gasteiger partial charge in [-0.15, -0.1) is 0 Å². The van der Waals surface area contributed by atoms with Crippen LogP contribution in [0.3, 0.4) is 0 Å². The molecule has 0 heterocycles. The quantitative estimate of drug-likeness (QED) is 0.617. The van der Waals surface area contributed by atoms with E-state index in [0.717, 1.165) is 24.8 Å². The lowest BCUT2D eigenvalue weighted by Crippen LogP contribution is -2.47. The van der Waals surface area contributed by atoms with E-state index in [1.807, 2.05) is 0 Å². The van der Waals surface area contributed by atoms with E-state index in [0.29, 0.717) is 11.8 Å². The Morgan fingerprint density at radius 3 is 2.75 bits per heavy atom. The first-order chi connectivity index (χ1) is 7.40. The number of aliphatic hydroxyl groups is 1. The Kier molecular flexibility index (Phi) is 1.86. The van der Waals surface area contributed by atoms with Crippen LogP contribution in [0.1, 0.15) is 46.5 Å². The summed E-state index contributed by atoms with van der Waals surface area (Å²) in [5, 5.41) is 10.9. The molecule has 1 N–H and O–H groups in total. The zero-order valence-corrected chi connectivity index (χ0v) is 10.6. The van der Waals surface area contributed by atoms with Crippen LogP contribution in [-0.4, -0.2) is 10.7 Å². The average Bonchev–Trinajstić information content (AvgIpc) is 2.53. The second-order valence-electron chi connectivity index (χ2n) is 6.54. The topological polar surface area (TPSA) is 20.2 Å². The van der Waals surface area contributed by atoms with Gasteiger partial charge in [-0.2, -0.15) is 0 Å². The minimum Gasteiger partial charge on any atom is -0.385 e. The molecule has 4 bridgehead atoms. The van der Waals surface area contributed by atoms with Crippen LogP contribution in [0.5, 0.6) is 0 Å². The fraction of sp³-hybridized carbons (Fsp3) is 0.733. The summed E-state index contributed by atoms with van der Waals surface area (Å²) >= 11 is 0. The van der Waals surface area contributed by atoms with Gasteiger partial charge in [0, 0.05) is 5.41 Å². The normalized spacial score (nSPS) is 50.0. The molecule has 0 saturated heterocycles. The highest BCUT2D eigenvalue weighted by Crippen LogP contribution is 2.70. The average molecular weight is 218 g/mol. The van der Waals surface area contributed by atoms with E-state index < -0.39 is 5.60 Å². The van der Waals surface area contributed by atoms with E-state index in [1.165, 1.54) is 12.0 Å². The Hall–Kier alpha value is -0.560. The Balaban J connectivity index is 2.17. The van der Waals surface area contributed by atoms with Gasteiger partial charge in [-0.05, 0) is 56.9 Å². The summed E-state index contributed by atoms with van der Waals surface area (Å²) in [5.41, 5.74) is 3.71. The van der Waals surface area contributed by atoms with Gasteiger partial charge in [0.2, 0.25) is 0 Å². The molecular weight excluding hydrogens is 196 g/mol. The highest BCUT2D eigenvalue weighted by molar-refractivity contribution is 5.40. The molecule has 3 aliphatic rings. The molecule has 16 heavy (non-hydrogen) atoms. The van der Waals surface area contributed by atoms with Crippen LogP contribution in [0.25, 0.3) is 0 Å². The van der Waals surface area contributed by atoms with Gasteiger partial charge < -0.3 is 5.11 Å². The summed E-state index contributed by atoms with van der Waals surface area (Å²) in [4.78, 5) is 0. The minimum atomic E-state index is -0.564. The summed E-state index contributed by atoms with van der Waals surface area (Å²) in [6, 6.07) is 0. The maximum absolute atomic E-state index is 10.9. The van der Waals surface area contributed by atoms with E-state index in [9.17, 15) is 5.11 Å². The zero-order chi connectivity index (χ0) is 11.7. The van der Waals surface area contributed by atoms with Crippen molar-refractivity contribution >= 4 is 0 Å². The smallest absolute Gasteiger partial charge is 0.0913 e. The van der Waals surface area contributed by atoms with Gasteiger partial charge in [0.05, 0.1) is 5.60 Å². The molecule has 88 valence electrons. The van der Waals surface area contributed by atoms with Crippen molar-refractivity contribution in [2.45, 2.75) is 52.1 Å². The molecule has 0 aromatic rings. The molecule has 0 radical (unpaired) electrons. The first kappa shape index (κ1) is 10.6. The molecule has 0 aliphatic heterocycles. The van der Waals surface area contributed by atoms with E-state index in [2.05, 4.69) is 27.4 Å². The van der Waals surface area contributed by atoms with Crippen molar-refractivity contribution in [3.8, 4) is 0 Å². The van der Waals surface area contributed by atoms with Crippen LogP contribution in [0.15, 0.2) is 23.3 Å². The highest BCUT2D eigenvalue weighted by atomic mass is 16.3. The van der Waals surface area contributed by atoms with Crippen molar-refractivity contribution in [1.82, 2.24) is 0 Å². The molecule has 4 atom stereocenters. The SMILES string of the molecule is C=C1C[C@H]2C(=C(C)C)C[C@]3(C)[C@H]2CC[C@]13O. The predicted octanol–water partition coefficient (Wildman–Crippen LogP) is 3.45. The van der Waals surface area contributed by atoms with E-state index in [1.54, 1.807) is 5.57 Å². The van der Waals surface area contributed by atoms with Gasteiger partial charge in [0.15, 0.2) is 0 Å². The Morgan fingerprint density at radius 1 is 1.44 bits per heavy atom. The zero-order valence-electron chi connectivity index (χ0n) is 10.6. The van der Waals surface area contributed by atoms with Crippen LogP contribution in [0.2, 0.25) is 0 Å². The van der Waals surface area contributed by atoms with Gasteiger partial charge in [-0.1, -0.05) is 24.6 Å². The maximum atomic E-state index is 10.9. The predicted molar refractivity (Wildman–Crippen MR) is 66.0 cm³/mol. The van der Waals surface area contributed by atoms with E-state index >= 15 is 0 Å². The molecule has 0 spiro atoms. The number of allylic oxidation sites excluding steroid dienone is 2. The Bertz CT molecular complexity index is 402. The van der Waals surface area contributed by atoms with Crippen LogP contribution < -0.4 is 0 Å². The van der Waals surface area contributed by atoms with Gasteiger partial charge in [-0.25, -0.2) is 0 Å². The van der Waals surface area contributed by atoms with Crippen LogP contribution in [0.4, 0.5) is 0 Å². The van der Waals surface area contributed by atoms with Crippen LogP contribution in [0, 0.1) is 17.3 Å². The number of hydrogen-bond donors (Lipinski definition) is 1. The third-order valence-corrected chi connectivity index (χ3v) is 5.76. The Morgan fingerprint density at radius 2 is 2.12 bits per heavy atom. The molecule has 3 fully saturated rings. The van der Waals surface area contributed by atoms with Crippen molar-refractivity contribution in [3.05, 3.63) is 23.3 Å².